The Kier molecular flexibility index (Phi) is 9.29. The molecule has 4 rings (SSSR count). The van der Waals surface area contributed by atoms with Crippen molar-refractivity contribution in [3.8, 4) is 0 Å². The monoisotopic (exact) mass is 550 g/mol. The minimum atomic E-state index is -0.807. The first kappa shape index (κ1) is 28.9. The molecule has 1 fully saturated rings. The van der Waals surface area contributed by atoms with Crippen LogP contribution in [-0.2, 0) is 32.1 Å². The minimum Gasteiger partial charge on any atom is -0.445 e. The number of hydrogen-bond donors (Lipinski definition) is 3. The van der Waals surface area contributed by atoms with Crippen molar-refractivity contribution in [3.63, 3.8) is 0 Å². The third-order valence-electron chi connectivity index (χ3n) is 6.89. The van der Waals surface area contributed by atoms with Crippen molar-refractivity contribution >= 4 is 24.0 Å². The largest absolute Gasteiger partial charge is 0.445 e. The quantitative estimate of drug-likeness (QED) is 0.484. The Morgan fingerprint density at radius 1 is 0.975 bits per heavy atom. The van der Waals surface area contributed by atoms with Crippen LogP contribution >= 0.6 is 0 Å². The molecule has 0 aromatic heterocycles. The lowest BCUT2D eigenvalue weighted by molar-refractivity contribution is -0.126. The van der Waals surface area contributed by atoms with Gasteiger partial charge in [0.1, 0.15) is 24.8 Å². The molecule has 0 saturated carbocycles. The van der Waals surface area contributed by atoms with Crippen molar-refractivity contribution in [2.75, 3.05) is 13.1 Å². The molecule has 4 amide bonds. The summed E-state index contributed by atoms with van der Waals surface area (Å²) >= 11 is 0. The second kappa shape index (κ2) is 12.8. The Balaban J connectivity index is 1.34. The number of amides is 4. The zero-order valence-electron chi connectivity index (χ0n) is 23.3. The summed E-state index contributed by atoms with van der Waals surface area (Å²) in [6, 6.07) is 15.8. The summed E-state index contributed by atoms with van der Waals surface area (Å²) in [4.78, 5) is 52.5. The van der Waals surface area contributed by atoms with Gasteiger partial charge in [0.15, 0.2) is 0 Å². The summed E-state index contributed by atoms with van der Waals surface area (Å²) in [5, 5.41) is 8.38. The third-order valence-corrected chi connectivity index (χ3v) is 6.89. The number of rotatable bonds is 7. The van der Waals surface area contributed by atoms with Crippen LogP contribution in [0.3, 0.4) is 0 Å². The van der Waals surface area contributed by atoms with Gasteiger partial charge in [-0.1, -0.05) is 54.6 Å². The van der Waals surface area contributed by atoms with Crippen molar-refractivity contribution in [2.45, 2.75) is 76.8 Å². The summed E-state index contributed by atoms with van der Waals surface area (Å²) in [6.45, 7) is 5.18. The Labute approximate surface area is 234 Å². The van der Waals surface area contributed by atoms with Gasteiger partial charge >= 0.3 is 12.2 Å². The van der Waals surface area contributed by atoms with E-state index in [0.29, 0.717) is 0 Å². The second-order valence-electron chi connectivity index (χ2n) is 11.2. The smallest absolute Gasteiger partial charge is 0.411 e. The van der Waals surface area contributed by atoms with Gasteiger partial charge in [0, 0.05) is 12.6 Å². The van der Waals surface area contributed by atoms with Crippen LogP contribution in [0.4, 0.5) is 9.59 Å². The topological polar surface area (TPSA) is 126 Å². The molecule has 40 heavy (non-hydrogen) atoms. The first-order chi connectivity index (χ1) is 19.1. The van der Waals surface area contributed by atoms with Crippen molar-refractivity contribution in [2.24, 2.45) is 0 Å². The fraction of sp³-hybridized carbons (Fsp3) is 0.467. The Morgan fingerprint density at radius 2 is 1.70 bits per heavy atom. The molecule has 1 aliphatic heterocycles. The van der Waals surface area contributed by atoms with Crippen LogP contribution < -0.4 is 16.0 Å². The number of carbonyl (C=O) groups excluding carboxylic acids is 4. The molecule has 0 radical (unpaired) electrons. The van der Waals surface area contributed by atoms with Gasteiger partial charge in [-0.3, -0.25) is 14.5 Å². The number of nitrogens with zero attached hydrogens (tertiary/aromatic N) is 1. The SMILES string of the molecule is CC(C)(C)OC(=O)N1C[C@@H](NC(=O)CNC(=O)OCc2ccccc2)C[C@H]1C(=O)N[C@@H]1CCCc2ccccc21. The molecule has 1 aliphatic carbocycles. The fourth-order valence-electron chi connectivity index (χ4n) is 5.09. The maximum atomic E-state index is 13.5. The van der Waals surface area contributed by atoms with E-state index in [2.05, 4.69) is 22.0 Å². The number of likely N-dealkylation sites (tertiary alicyclic amines) is 1. The molecule has 3 N–H and O–H groups in total. The van der Waals surface area contributed by atoms with E-state index in [9.17, 15) is 19.2 Å². The molecule has 3 atom stereocenters. The van der Waals surface area contributed by atoms with Gasteiger partial charge in [0.05, 0.1) is 6.04 Å². The molecular weight excluding hydrogens is 512 g/mol. The number of aryl methyl sites for hydroxylation is 1. The summed E-state index contributed by atoms with van der Waals surface area (Å²) in [5.74, 6) is -0.736. The van der Waals surface area contributed by atoms with E-state index in [1.165, 1.54) is 10.5 Å². The predicted octanol–water partition coefficient (Wildman–Crippen LogP) is 3.60. The molecule has 1 heterocycles. The lowest BCUT2D eigenvalue weighted by Gasteiger charge is -2.31. The van der Waals surface area contributed by atoms with Crippen molar-refractivity contribution in [3.05, 3.63) is 71.3 Å². The summed E-state index contributed by atoms with van der Waals surface area (Å²) < 4.78 is 10.7. The van der Waals surface area contributed by atoms with Gasteiger partial charge in [0.2, 0.25) is 11.8 Å². The lowest BCUT2D eigenvalue weighted by Crippen LogP contribution is -2.48. The normalized spacial score (nSPS) is 20.2. The van der Waals surface area contributed by atoms with Crippen LogP contribution in [0.25, 0.3) is 0 Å². The van der Waals surface area contributed by atoms with Gasteiger partial charge in [-0.15, -0.1) is 0 Å². The van der Waals surface area contributed by atoms with Gasteiger partial charge in [0.25, 0.3) is 0 Å². The molecule has 2 aromatic rings. The number of nitrogens with one attached hydrogen (secondary N) is 3. The third kappa shape index (κ3) is 7.97. The van der Waals surface area contributed by atoms with Crippen molar-refractivity contribution < 1.29 is 28.7 Å². The molecule has 0 unspecified atom stereocenters. The maximum absolute atomic E-state index is 13.5. The van der Waals surface area contributed by atoms with Crippen LogP contribution in [0.5, 0.6) is 0 Å². The first-order valence-electron chi connectivity index (χ1n) is 13.7. The Morgan fingerprint density at radius 3 is 2.45 bits per heavy atom. The van der Waals surface area contributed by atoms with E-state index in [-0.39, 0.29) is 38.1 Å². The number of alkyl carbamates (subject to hydrolysis) is 1. The van der Waals surface area contributed by atoms with E-state index in [1.807, 2.05) is 48.5 Å². The molecule has 2 aliphatic rings. The summed E-state index contributed by atoms with van der Waals surface area (Å²) in [5.41, 5.74) is 2.40. The first-order valence-corrected chi connectivity index (χ1v) is 13.7. The molecule has 1 saturated heterocycles. The number of fused-ring (bicyclic) bond motifs is 1. The van der Waals surface area contributed by atoms with E-state index >= 15 is 0 Å². The average Bonchev–Trinajstić information content (AvgIpc) is 3.35. The van der Waals surface area contributed by atoms with Gasteiger partial charge < -0.3 is 25.4 Å². The number of benzene rings is 2. The van der Waals surface area contributed by atoms with Crippen LogP contribution in [-0.4, -0.2) is 59.7 Å². The van der Waals surface area contributed by atoms with E-state index in [4.69, 9.17) is 9.47 Å². The van der Waals surface area contributed by atoms with Crippen LogP contribution in [0.15, 0.2) is 54.6 Å². The Bertz CT molecular complexity index is 1210. The highest BCUT2D eigenvalue weighted by Gasteiger charge is 2.42. The fourth-order valence-corrected chi connectivity index (χ4v) is 5.09. The van der Waals surface area contributed by atoms with Crippen molar-refractivity contribution in [1.82, 2.24) is 20.9 Å². The molecular formula is C30H38N4O6. The zero-order chi connectivity index (χ0) is 28.7. The second-order valence-corrected chi connectivity index (χ2v) is 11.2. The highest BCUT2D eigenvalue weighted by atomic mass is 16.6. The summed E-state index contributed by atoms with van der Waals surface area (Å²) in [6.07, 6.45) is 1.64. The molecule has 10 heteroatoms. The van der Waals surface area contributed by atoms with E-state index in [0.717, 1.165) is 30.4 Å². The van der Waals surface area contributed by atoms with Gasteiger partial charge in [-0.25, -0.2) is 9.59 Å². The molecule has 214 valence electrons. The van der Waals surface area contributed by atoms with Crippen molar-refractivity contribution in [1.29, 1.82) is 0 Å². The van der Waals surface area contributed by atoms with E-state index < -0.39 is 35.8 Å². The standard InChI is InChI=1S/C30H38N4O6/c1-30(2,3)40-29(38)34-18-22(32-26(35)17-31-28(37)39-19-20-10-5-4-6-11-20)16-25(34)27(36)33-24-15-9-13-21-12-7-8-14-23(21)24/h4-8,10-12,14,22,24-25H,9,13,15-19H2,1-3H3,(H,31,37)(H,32,35)(H,33,36)/t22-,24+,25-/m0/s1. The number of ether oxygens (including phenoxy) is 2. The van der Waals surface area contributed by atoms with Gasteiger partial charge in [-0.2, -0.15) is 0 Å². The van der Waals surface area contributed by atoms with Crippen LogP contribution in [0, 0.1) is 0 Å². The van der Waals surface area contributed by atoms with Crippen LogP contribution in [0.2, 0.25) is 0 Å². The molecule has 0 spiro atoms. The zero-order valence-corrected chi connectivity index (χ0v) is 23.3. The Hall–Kier alpha value is -4.08. The van der Waals surface area contributed by atoms with Crippen LogP contribution in [0.1, 0.15) is 62.8 Å². The maximum Gasteiger partial charge on any atom is 0.411 e. The highest BCUT2D eigenvalue weighted by molar-refractivity contribution is 5.87. The highest BCUT2D eigenvalue weighted by Crippen LogP contribution is 2.30. The van der Waals surface area contributed by atoms with E-state index in [1.54, 1.807) is 20.8 Å². The number of carbonyl (C=O) groups is 4. The number of hydrogen-bond acceptors (Lipinski definition) is 6. The average molecular weight is 551 g/mol. The lowest BCUT2D eigenvalue weighted by atomic mass is 9.87. The predicted molar refractivity (Wildman–Crippen MR) is 148 cm³/mol. The van der Waals surface area contributed by atoms with Gasteiger partial charge in [-0.05, 0) is 63.1 Å². The molecule has 10 nitrogen and oxygen atoms in total. The molecule has 2 aromatic carbocycles. The summed E-state index contributed by atoms with van der Waals surface area (Å²) in [7, 11) is 0. The minimum absolute atomic E-state index is 0.0873. The molecule has 0 bridgehead atoms.